The van der Waals surface area contributed by atoms with Gasteiger partial charge < -0.3 is 9.47 Å². The first kappa shape index (κ1) is 23.7. The van der Waals surface area contributed by atoms with Gasteiger partial charge >= 0.3 is 6.01 Å². The van der Waals surface area contributed by atoms with E-state index in [9.17, 15) is 8.42 Å². The Morgan fingerprint density at radius 2 is 1.69 bits per heavy atom. The van der Waals surface area contributed by atoms with Crippen molar-refractivity contribution in [2.75, 3.05) is 29.9 Å². The lowest BCUT2D eigenvalue weighted by molar-refractivity contribution is 0.201. The van der Waals surface area contributed by atoms with Crippen molar-refractivity contribution in [3.63, 3.8) is 0 Å². The van der Waals surface area contributed by atoms with Gasteiger partial charge in [-0.05, 0) is 25.2 Å². The van der Waals surface area contributed by atoms with Crippen LogP contribution in [0.3, 0.4) is 0 Å². The molecule has 32 heavy (non-hydrogen) atoms. The van der Waals surface area contributed by atoms with E-state index in [1.807, 2.05) is 37.4 Å². The Labute approximate surface area is 192 Å². The third-order valence-corrected chi connectivity index (χ3v) is 6.40. The maximum atomic E-state index is 12.4. The second-order valence-corrected chi connectivity index (χ2v) is 9.51. The molecule has 0 saturated carbocycles. The summed E-state index contributed by atoms with van der Waals surface area (Å²) in [7, 11) is -3.55. The summed E-state index contributed by atoms with van der Waals surface area (Å²) in [5.74, 6) is 0.411. The van der Waals surface area contributed by atoms with E-state index in [0.29, 0.717) is 12.0 Å². The van der Waals surface area contributed by atoms with Gasteiger partial charge in [-0.2, -0.15) is 0 Å². The number of hydrogen-bond donors (Lipinski definition) is 1. The topological polar surface area (TPSA) is 116 Å². The fourth-order valence-corrected chi connectivity index (χ4v) is 4.16. The molecule has 0 amide bonds. The Bertz CT molecular complexity index is 1120. The minimum atomic E-state index is -3.55. The largest absolute Gasteiger partial charge is 0.473 e. The van der Waals surface area contributed by atoms with E-state index in [1.54, 1.807) is 31.1 Å². The second kappa shape index (κ2) is 11.1. The lowest BCUT2D eigenvalue weighted by atomic mass is 10.1. The van der Waals surface area contributed by atoms with E-state index in [-0.39, 0.29) is 36.7 Å². The molecule has 0 spiro atoms. The summed E-state index contributed by atoms with van der Waals surface area (Å²) in [5, 5.41) is 0. The van der Waals surface area contributed by atoms with Gasteiger partial charge in [0.1, 0.15) is 19.5 Å². The van der Waals surface area contributed by atoms with Gasteiger partial charge in [0, 0.05) is 17.3 Å². The third kappa shape index (κ3) is 6.54. The summed E-state index contributed by atoms with van der Waals surface area (Å²) in [6, 6.07) is 7.84. The van der Waals surface area contributed by atoms with Gasteiger partial charge in [0.15, 0.2) is 5.82 Å². The van der Waals surface area contributed by atoms with Crippen molar-refractivity contribution in [3.05, 3.63) is 48.5 Å². The molecule has 2 aromatic heterocycles. The number of nitrogens with one attached hydrogen (secondary N) is 1. The number of thioether (sulfide) groups is 1. The molecule has 9 nitrogen and oxygen atoms in total. The molecule has 3 rings (SSSR count). The first-order valence-electron chi connectivity index (χ1n) is 9.96. The van der Waals surface area contributed by atoms with Crippen LogP contribution in [-0.4, -0.2) is 53.6 Å². The summed E-state index contributed by atoms with van der Waals surface area (Å²) in [4.78, 5) is 17.6. The van der Waals surface area contributed by atoms with Gasteiger partial charge in [-0.15, -0.1) is 11.8 Å². The van der Waals surface area contributed by atoms with Crippen LogP contribution >= 0.6 is 11.8 Å². The van der Waals surface area contributed by atoms with Crippen LogP contribution in [0.4, 0.5) is 5.82 Å². The molecule has 2 heterocycles. The van der Waals surface area contributed by atoms with E-state index in [1.165, 1.54) is 6.33 Å². The summed E-state index contributed by atoms with van der Waals surface area (Å²) in [6.45, 7) is 4.11. The van der Waals surface area contributed by atoms with E-state index >= 15 is 0 Å². The Kier molecular flexibility index (Phi) is 8.23. The molecule has 0 saturated heterocycles. The molecule has 0 atom stereocenters. The minimum Gasteiger partial charge on any atom is -0.473 e. The molecular weight excluding hydrogens is 450 g/mol. The molecule has 1 N–H and O–H groups in total. The van der Waals surface area contributed by atoms with E-state index in [0.717, 1.165) is 16.0 Å². The molecule has 0 unspecified atom stereocenters. The molecule has 0 radical (unpaired) electrons. The molecule has 0 fully saturated rings. The SMILES string of the molecule is CCCS(=O)(=O)Nc1ncnc(OCCOc2ncc(SC)cn2)c1-c1ccc(C)cc1. The average Bonchev–Trinajstić information content (AvgIpc) is 2.78. The van der Waals surface area contributed by atoms with Gasteiger partial charge in [-0.3, -0.25) is 4.72 Å². The number of aryl methyl sites for hydroxylation is 1. The number of ether oxygens (including phenoxy) is 2. The first-order valence-corrected chi connectivity index (χ1v) is 12.8. The van der Waals surface area contributed by atoms with Crippen molar-refractivity contribution in [2.45, 2.75) is 25.2 Å². The zero-order valence-electron chi connectivity index (χ0n) is 18.1. The minimum absolute atomic E-state index is 0.0102. The Morgan fingerprint density at radius 3 is 2.34 bits per heavy atom. The van der Waals surface area contributed by atoms with Crippen LogP contribution in [0.15, 0.2) is 47.9 Å². The molecule has 0 bridgehead atoms. The van der Waals surface area contributed by atoms with Crippen LogP contribution in [0.25, 0.3) is 11.1 Å². The van der Waals surface area contributed by atoms with E-state index in [4.69, 9.17) is 9.47 Å². The van der Waals surface area contributed by atoms with Gasteiger partial charge in [0.05, 0.1) is 11.3 Å². The van der Waals surface area contributed by atoms with Gasteiger partial charge in [-0.1, -0.05) is 36.8 Å². The molecule has 0 aliphatic carbocycles. The highest BCUT2D eigenvalue weighted by atomic mass is 32.2. The zero-order valence-corrected chi connectivity index (χ0v) is 19.7. The quantitative estimate of drug-likeness (QED) is 0.328. The Morgan fingerprint density at radius 1 is 1.00 bits per heavy atom. The zero-order chi connectivity index (χ0) is 23.0. The first-order chi connectivity index (χ1) is 15.4. The smallest absolute Gasteiger partial charge is 0.316 e. The molecule has 3 aromatic rings. The van der Waals surface area contributed by atoms with Crippen LogP contribution in [-0.2, 0) is 10.0 Å². The van der Waals surface area contributed by atoms with Crippen LogP contribution < -0.4 is 14.2 Å². The predicted molar refractivity (Wildman–Crippen MR) is 125 cm³/mol. The molecule has 0 aliphatic heterocycles. The van der Waals surface area contributed by atoms with Crippen molar-refractivity contribution >= 4 is 27.6 Å². The maximum absolute atomic E-state index is 12.4. The number of nitrogens with zero attached hydrogens (tertiary/aromatic N) is 4. The summed E-state index contributed by atoms with van der Waals surface area (Å²) >= 11 is 1.54. The molecule has 11 heteroatoms. The van der Waals surface area contributed by atoms with E-state index in [2.05, 4.69) is 24.7 Å². The monoisotopic (exact) mass is 475 g/mol. The van der Waals surface area contributed by atoms with Crippen molar-refractivity contribution in [1.82, 2.24) is 19.9 Å². The molecule has 170 valence electrons. The average molecular weight is 476 g/mol. The summed E-state index contributed by atoms with van der Waals surface area (Å²) in [5.41, 5.74) is 2.27. The number of hydrogen-bond acceptors (Lipinski definition) is 9. The highest BCUT2D eigenvalue weighted by Gasteiger charge is 2.19. The predicted octanol–water partition coefficient (Wildman–Crippen LogP) is 3.57. The third-order valence-electron chi connectivity index (χ3n) is 4.27. The lowest BCUT2D eigenvalue weighted by Gasteiger charge is -2.15. The number of aromatic nitrogens is 4. The van der Waals surface area contributed by atoms with Gasteiger partial charge in [0.25, 0.3) is 0 Å². The maximum Gasteiger partial charge on any atom is 0.316 e. The molecular formula is C21H25N5O4S2. The number of sulfonamides is 1. The number of rotatable bonds is 11. The van der Waals surface area contributed by atoms with Gasteiger partial charge in [0.2, 0.25) is 15.9 Å². The van der Waals surface area contributed by atoms with Crippen molar-refractivity contribution in [2.24, 2.45) is 0 Å². The van der Waals surface area contributed by atoms with Crippen LogP contribution in [0.5, 0.6) is 11.9 Å². The fourth-order valence-electron chi connectivity index (χ4n) is 2.76. The number of benzene rings is 1. The van der Waals surface area contributed by atoms with Crippen LogP contribution in [0.2, 0.25) is 0 Å². The van der Waals surface area contributed by atoms with Gasteiger partial charge in [-0.25, -0.2) is 28.4 Å². The second-order valence-electron chi connectivity index (χ2n) is 6.79. The van der Waals surface area contributed by atoms with E-state index < -0.39 is 10.0 Å². The molecule has 0 aliphatic rings. The van der Waals surface area contributed by atoms with Crippen molar-refractivity contribution in [1.29, 1.82) is 0 Å². The lowest BCUT2D eigenvalue weighted by Crippen LogP contribution is -2.18. The van der Waals surface area contributed by atoms with Crippen molar-refractivity contribution < 1.29 is 17.9 Å². The Hall–Kier alpha value is -2.92. The summed E-state index contributed by atoms with van der Waals surface area (Å²) < 4.78 is 38.6. The normalized spacial score (nSPS) is 11.2. The highest BCUT2D eigenvalue weighted by Crippen LogP contribution is 2.34. The van der Waals surface area contributed by atoms with Crippen LogP contribution in [0, 0.1) is 6.92 Å². The van der Waals surface area contributed by atoms with Crippen LogP contribution in [0.1, 0.15) is 18.9 Å². The summed E-state index contributed by atoms with van der Waals surface area (Å²) in [6.07, 6.45) is 7.06. The fraction of sp³-hybridized carbons (Fsp3) is 0.333. The number of anilines is 1. The Balaban J connectivity index is 1.79. The highest BCUT2D eigenvalue weighted by molar-refractivity contribution is 7.98. The van der Waals surface area contributed by atoms with Crippen molar-refractivity contribution in [3.8, 4) is 23.0 Å². The molecule has 1 aromatic carbocycles. The standard InChI is InChI=1S/C21H25N5O4S2/c1-4-11-32(27,28)26-19-18(16-7-5-15(2)6-8-16)20(25-14-24-19)29-9-10-30-21-22-12-17(31-3)13-23-21/h5-8,12-14H,4,9-11H2,1-3H3,(H,24,25,26).